The summed E-state index contributed by atoms with van der Waals surface area (Å²) >= 11 is 0. The number of ether oxygens (including phenoxy) is 1. The van der Waals surface area contributed by atoms with Crippen LogP contribution in [0.2, 0.25) is 0 Å². The lowest BCUT2D eigenvalue weighted by Crippen LogP contribution is -3.11. The van der Waals surface area contributed by atoms with Crippen LogP contribution in [0.1, 0.15) is 24.4 Å². The highest BCUT2D eigenvalue weighted by molar-refractivity contribution is 5.92. The average Bonchev–Trinajstić information content (AvgIpc) is 3.46. The van der Waals surface area contributed by atoms with Crippen LogP contribution in [0, 0.1) is 0 Å². The Morgan fingerprint density at radius 1 is 1.15 bits per heavy atom. The van der Waals surface area contributed by atoms with E-state index in [4.69, 9.17) is 4.74 Å². The first-order chi connectivity index (χ1) is 13.1. The number of amides is 2. The molecule has 0 aliphatic heterocycles. The molecule has 2 amide bonds. The van der Waals surface area contributed by atoms with Gasteiger partial charge in [0.2, 0.25) is 0 Å². The van der Waals surface area contributed by atoms with Gasteiger partial charge < -0.3 is 20.3 Å². The molecule has 2 aromatic carbocycles. The summed E-state index contributed by atoms with van der Waals surface area (Å²) in [4.78, 5) is 26.1. The molecule has 0 spiro atoms. The maximum Gasteiger partial charge on any atom is 0.283 e. The van der Waals surface area contributed by atoms with E-state index in [1.165, 1.54) is 0 Å². The number of hydrogen-bond donors (Lipinski definition) is 3. The molecule has 0 bridgehead atoms. The number of methoxy groups -OCH3 is 1. The molecule has 1 aliphatic rings. The van der Waals surface area contributed by atoms with Crippen LogP contribution in [0.5, 0.6) is 5.75 Å². The van der Waals surface area contributed by atoms with Crippen LogP contribution in [0.4, 0.5) is 5.69 Å². The third kappa shape index (κ3) is 5.31. The number of quaternary nitrogens is 1. The molecular weight excluding hydrogens is 342 g/mol. The number of rotatable bonds is 8. The van der Waals surface area contributed by atoms with E-state index in [1.54, 1.807) is 13.2 Å². The van der Waals surface area contributed by atoms with Gasteiger partial charge in [-0.3, -0.25) is 9.59 Å². The maximum atomic E-state index is 12.8. The van der Waals surface area contributed by atoms with Gasteiger partial charge in [0.05, 0.1) is 14.2 Å². The van der Waals surface area contributed by atoms with Crippen LogP contribution in [0.3, 0.4) is 0 Å². The van der Waals surface area contributed by atoms with E-state index in [0.717, 1.165) is 23.3 Å². The Bertz CT molecular complexity index is 790. The lowest BCUT2D eigenvalue weighted by atomic mass is 10.0. The van der Waals surface area contributed by atoms with Crippen LogP contribution in [0.25, 0.3) is 0 Å². The monoisotopic (exact) mass is 368 g/mol. The van der Waals surface area contributed by atoms with Gasteiger partial charge in [-0.2, -0.15) is 0 Å². The summed E-state index contributed by atoms with van der Waals surface area (Å²) < 4.78 is 5.18. The lowest BCUT2D eigenvalue weighted by Gasteiger charge is -2.24. The zero-order chi connectivity index (χ0) is 19.2. The Kier molecular flexibility index (Phi) is 6.08. The normalized spacial score (nSPS) is 15.5. The van der Waals surface area contributed by atoms with Crippen molar-refractivity contribution >= 4 is 17.5 Å². The zero-order valence-corrected chi connectivity index (χ0v) is 15.7. The first-order valence-electron chi connectivity index (χ1n) is 9.18. The van der Waals surface area contributed by atoms with Gasteiger partial charge in [-0.1, -0.05) is 36.4 Å². The smallest absolute Gasteiger partial charge is 0.283 e. The van der Waals surface area contributed by atoms with E-state index in [2.05, 4.69) is 10.6 Å². The Hall–Kier alpha value is -2.86. The maximum absolute atomic E-state index is 12.8. The summed E-state index contributed by atoms with van der Waals surface area (Å²) in [6.07, 6.45) is 2.06. The zero-order valence-electron chi connectivity index (χ0n) is 15.7. The first kappa shape index (κ1) is 18.9. The van der Waals surface area contributed by atoms with Crippen LogP contribution in [-0.2, 0) is 9.59 Å². The summed E-state index contributed by atoms with van der Waals surface area (Å²) in [5, 5.41) is 5.94. The Balaban J connectivity index is 1.68. The molecule has 27 heavy (non-hydrogen) atoms. The fourth-order valence-corrected chi connectivity index (χ4v) is 3.08. The third-order valence-electron chi connectivity index (χ3n) is 4.60. The SMILES string of the molecule is COc1cccc(NC(=O)C[NH+](C)[C@@H](C(=O)NC2CC2)c2ccccc2)c1. The summed E-state index contributed by atoms with van der Waals surface area (Å²) in [6, 6.07) is 16.7. The van der Waals surface area contributed by atoms with E-state index in [9.17, 15) is 9.59 Å². The van der Waals surface area contributed by atoms with E-state index in [0.29, 0.717) is 11.4 Å². The van der Waals surface area contributed by atoms with Gasteiger partial charge in [-0.05, 0) is 25.0 Å². The van der Waals surface area contributed by atoms with E-state index >= 15 is 0 Å². The molecule has 1 aliphatic carbocycles. The van der Waals surface area contributed by atoms with Crippen LogP contribution >= 0.6 is 0 Å². The van der Waals surface area contributed by atoms with E-state index < -0.39 is 6.04 Å². The molecule has 1 saturated carbocycles. The summed E-state index contributed by atoms with van der Waals surface area (Å²) in [5.41, 5.74) is 1.58. The van der Waals surface area contributed by atoms with Crippen molar-refractivity contribution in [1.29, 1.82) is 0 Å². The molecule has 3 N–H and O–H groups in total. The van der Waals surface area contributed by atoms with Crippen molar-refractivity contribution in [1.82, 2.24) is 5.32 Å². The molecule has 0 saturated heterocycles. The highest BCUT2D eigenvalue weighted by atomic mass is 16.5. The minimum atomic E-state index is -0.428. The number of anilines is 1. The van der Waals surface area contributed by atoms with Gasteiger partial charge in [0, 0.05) is 23.4 Å². The van der Waals surface area contributed by atoms with Crippen LogP contribution < -0.4 is 20.3 Å². The van der Waals surface area contributed by atoms with Crippen molar-refractivity contribution < 1.29 is 19.2 Å². The number of hydrogen-bond acceptors (Lipinski definition) is 3. The molecule has 2 aromatic rings. The van der Waals surface area contributed by atoms with Gasteiger partial charge in [-0.15, -0.1) is 0 Å². The second kappa shape index (κ2) is 8.68. The third-order valence-corrected chi connectivity index (χ3v) is 4.60. The van der Waals surface area contributed by atoms with Crippen molar-refractivity contribution in [2.75, 3.05) is 26.0 Å². The van der Waals surface area contributed by atoms with Crippen molar-refractivity contribution in [3.8, 4) is 5.75 Å². The van der Waals surface area contributed by atoms with Crippen molar-refractivity contribution in [2.24, 2.45) is 0 Å². The van der Waals surface area contributed by atoms with Crippen LogP contribution in [0.15, 0.2) is 54.6 Å². The predicted octanol–water partition coefficient (Wildman–Crippen LogP) is 1.17. The van der Waals surface area contributed by atoms with Gasteiger partial charge in [0.1, 0.15) is 5.75 Å². The molecule has 6 nitrogen and oxygen atoms in total. The van der Waals surface area contributed by atoms with Gasteiger partial charge in [0.15, 0.2) is 12.6 Å². The number of nitrogens with one attached hydrogen (secondary N) is 3. The molecule has 0 aromatic heterocycles. The second-order valence-corrected chi connectivity index (χ2v) is 6.93. The number of carbonyl (C=O) groups is 2. The lowest BCUT2D eigenvalue weighted by molar-refractivity contribution is -0.894. The van der Waals surface area contributed by atoms with Crippen LogP contribution in [-0.4, -0.2) is 38.6 Å². The molecule has 3 rings (SSSR count). The molecule has 2 atom stereocenters. The Morgan fingerprint density at radius 3 is 2.56 bits per heavy atom. The van der Waals surface area contributed by atoms with Gasteiger partial charge >= 0.3 is 0 Å². The highest BCUT2D eigenvalue weighted by Crippen LogP contribution is 2.20. The van der Waals surface area contributed by atoms with Gasteiger partial charge in [-0.25, -0.2) is 0 Å². The molecule has 1 unspecified atom stereocenters. The quantitative estimate of drug-likeness (QED) is 0.655. The summed E-state index contributed by atoms with van der Waals surface area (Å²) in [5.74, 6) is 0.496. The van der Waals surface area contributed by atoms with Gasteiger partial charge in [0.25, 0.3) is 11.8 Å². The molecule has 0 radical (unpaired) electrons. The molecule has 6 heteroatoms. The fourth-order valence-electron chi connectivity index (χ4n) is 3.08. The Labute approximate surface area is 159 Å². The standard InChI is InChI=1S/C21H25N3O3/c1-24(14-19(25)22-17-9-6-10-18(13-17)27-2)20(15-7-4-3-5-8-15)21(26)23-16-11-12-16/h3-10,13,16,20H,11-12,14H2,1-2H3,(H,22,25)(H,23,26)/p+1/t20-/m1/s1. The average molecular weight is 368 g/mol. The van der Waals surface area contributed by atoms with Crippen molar-refractivity contribution in [3.63, 3.8) is 0 Å². The predicted molar refractivity (Wildman–Crippen MR) is 104 cm³/mol. The first-order valence-corrected chi connectivity index (χ1v) is 9.18. The minimum Gasteiger partial charge on any atom is -0.497 e. The number of likely N-dealkylation sites (N-methyl/N-ethyl adjacent to an activating group) is 1. The molecule has 1 fully saturated rings. The van der Waals surface area contributed by atoms with Crippen molar-refractivity contribution in [3.05, 3.63) is 60.2 Å². The largest absolute Gasteiger partial charge is 0.497 e. The molecular formula is C21H26N3O3+. The summed E-state index contributed by atoms with van der Waals surface area (Å²) in [6.45, 7) is 0.175. The molecule has 142 valence electrons. The topological polar surface area (TPSA) is 71.9 Å². The van der Waals surface area contributed by atoms with Crippen molar-refractivity contribution in [2.45, 2.75) is 24.9 Å². The Morgan fingerprint density at radius 2 is 1.89 bits per heavy atom. The number of carbonyl (C=O) groups excluding carboxylic acids is 2. The molecule has 0 heterocycles. The fraction of sp³-hybridized carbons (Fsp3) is 0.333. The highest BCUT2D eigenvalue weighted by Gasteiger charge is 2.34. The number of benzene rings is 2. The second-order valence-electron chi connectivity index (χ2n) is 6.93. The van der Waals surface area contributed by atoms with E-state index in [1.807, 2.05) is 55.6 Å². The van der Waals surface area contributed by atoms with E-state index in [-0.39, 0.29) is 24.4 Å². The summed E-state index contributed by atoms with van der Waals surface area (Å²) in [7, 11) is 3.46. The minimum absolute atomic E-state index is 0.0321.